The van der Waals surface area contributed by atoms with Gasteiger partial charge in [-0.25, -0.2) is 8.42 Å². The highest BCUT2D eigenvalue weighted by atomic mass is 32.2. The molecule has 0 aromatic heterocycles. The minimum absolute atomic E-state index is 0.0551. The van der Waals surface area contributed by atoms with Crippen molar-refractivity contribution in [3.63, 3.8) is 0 Å². The van der Waals surface area contributed by atoms with Gasteiger partial charge in [-0.05, 0) is 30.2 Å². The van der Waals surface area contributed by atoms with Gasteiger partial charge in [-0.3, -0.25) is 0 Å². The molecule has 0 amide bonds. The summed E-state index contributed by atoms with van der Waals surface area (Å²) in [6.45, 7) is 1.94. The van der Waals surface area contributed by atoms with Crippen LogP contribution in [0.2, 0.25) is 0 Å². The maximum atomic E-state index is 12.9. The first-order valence-corrected chi connectivity index (χ1v) is 9.38. The van der Waals surface area contributed by atoms with Gasteiger partial charge in [0.2, 0.25) is 0 Å². The van der Waals surface area contributed by atoms with Gasteiger partial charge in [0.25, 0.3) is 0 Å². The van der Waals surface area contributed by atoms with Crippen molar-refractivity contribution >= 4 is 15.4 Å². The Labute approximate surface area is 147 Å². The summed E-state index contributed by atoms with van der Waals surface area (Å²) in [6, 6.07) is 19.6. The van der Waals surface area contributed by atoms with E-state index in [0.29, 0.717) is 11.1 Å². The van der Waals surface area contributed by atoms with Crippen LogP contribution in [0.4, 0.5) is 0 Å². The van der Waals surface area contributed by atoms with Crippen molar-refractivity contribution in [3.05, 3.63) is 71.8 Å². The van der Waals surface area contributed by atoms with E-state index in [9.17, 15) is 18.9 Å². The molecule has 0 spiro atoms. The van der Waals surface area contributed by atoms with E-state index in [-0.39, 0.29) is 11.3 Å². The molecule has 1 atom stereocenters. The van der Waals surface area contributed by atoms with Gasteiger partial charge in [-0.1, -0.05) is 54.1 Å². The fourth-order valence-corrected chi connectivity index (χ4v) is 4.77. The number of aryl methyl sites for hydroxylation is 1. The molecule has 5 heteroatoms. The Bertz CT molecular complexity index is 994. The van der Waals surface area contributed by atoms with E-state index in [1.54, 1.807) is 24.3 Å². The number of nitriles is 2. The molecule has 1 unspecified atom stereocenters. The molecule has 0 N–H and O–H groups in total. The zero-order valence-electron chi connectivity index (χ0n) is 13.7. The second-order valence-electron chi connectivity index (χ2n) is 6.18. The van der Waals surface area contributed by atoms with Crippen LogP contribution in [-0.2, 0) is 9.84 Å². The summed E-state index contributed by atoms with van der Waals surface area (Å²) < 4.78 is 25.8. The fourth-order valence-electron chi connectivity index (χ4n) is 3.10. The lowest BCUT2D eigenvalue weighted by molar-refractivity contribution is 0.572. The van der Waals surface area contributed by atoms with E-state index >= 15 is 0 Å². The second kappa shape index (κ2) is 6.20. The lowest BCUT2D eigenvalue weighted by Gasteiger charge is -2.17. The summed E-state index contributed by atoms with van der Waals surface area (Å²) in [6.07, 6.45) is 1.51. The van der Waals surface area contributed by atoms with E-state index in [2.05, 4.69) is 0 Å². The molecule has 124 valence electrons. The summed E-state index contributed by atoms with van der Waals surface area (Å²) >= 11 is 0. The second-order valence-corrected chi connectivity index (χ2v) is 8.34. The minimum Gasteiger partial charge on any atom is -0.223 e. The van der Waals surface area contributed by atoms with Gasteiger partial charge in [0.05, 0.1) is 22.3 Å². The van der Waals surface area contributed by atoms with Crippen LogP contribution in [-0.4, -0.2) is 13.7 Å². The van der Waals surface area contributed by atoms with E-state index in [4.69, 9.17) is 0 Å². The summed E-state index contributed by atoms with van der Waals surface area (Å²) in [5.74, 6) is 0. The van der Waals surface area contributed by atoms with Crippen LogP contribution in [0.15, 0.2) is 65.6 Å². The minimum atomic E-state index is -3.66. The first-order chi connectivity index (χ1) is 11.9. The molecule has 0 saturated carbocycles. The third-order valence-electron chi connectivity index (χ3n) is 4.53. The largest absolute Gasteiger partial charge is 0.223 e. The molecule has 0 fully saturated rings. The normalized spacial score (nSPS) is 18.8. The predicted octanol–water partition coefficient (Wildman–Crippen LogP) is 3.66. The van der Waals surface area contributed by atoms with Crippen molar-refractivity contribution in [2.45, 2.75) is 23.5 Å². The number of rotatable bonds is 3. The Morgan fingerprint density at radius 2 is 1.60 bits per heavy atom. The molecule has 0 bridgehead atoms. The van der Waals surface area contributed by atoms with Gasteiger partial charge < -0.3 is 0 Å². The van der Waals surface area contributed by atoms with Crippen LogP contribution in [0, 0.1) is 35.0 Å². The molecule has 1 aliphatic carbocycles. The van der Waals surface area contributed by atoms with Crippen molar-refractivity contribution in [2.24, 2.45) is 5.41 Å². The molecular formula is C20H16N2O2S. The summed E-state index contributed by atoms with van der Waals surface area (Å²) in [5.41, 5.74) is 0.777. The Morgan fingerprint density at radius 1 is 1.00 bits per heavy atom. The molecular weight excluding hydrogens is 332 g/mol. The molecule has 0 aliphatic heterocycles. The van der Waals surface area contributed by atoms with Gasteiger partial charge in [0, 0.05) is 6.42 Å². The summed E-state index contributed by atoms with van der Waals surface area (Å²) in [4.78, 5) is 0.200. The van der Waals surface area contributed by atoms with Crippen molar-refractivity contribution in [3.8, 4) is 12.1 Å². The fraction of sp³-hybridized carbons (Fsp3) is 0.200. The number of nitrogens with zero attached hydrogens (tertiary/aromatic N) is 2. The molecule has 25 heavy (non-hydrogen) atoms. The highest BCUT2D eigenvalue weighted by Crippen LogP contribution is 2.47. The number of sulfone groups is 1. The molecule has 0 saturated heterocycles. The van der Waals surface area contributed by atoms with Crippen LogP contribution in [0.1, 0.15) is 17.5 Å². The van der Waals surface area contributed by atoms with E-state index in [0.717, 1.165) is 5.56 Å². The van der Waals surface area contributed by atoms with Crippen LogP contribution >= 0.6 is 0 Å². The molecule has 1 aliphatic rings. The molecule has 2 aromatic carbocycles. The average Bonchev–Trinajstić information content (AvgIpc) is 3.04. The maximum absolute atomic E-state index is 12.9. The van der Waals surface area contributed by atoms with E-state index < -0.39 is 20.5 Å². The number of hydrogen-bond acceptors (Lipinski definition) is 4. The monoisotopic (exact) mass is 348 g/mol. The van der Waals surface area contributed by atoms with Gasteiger partial charge in [-0.15, -0.1) is 0 Å². The standard InChI is InChI=1S/C20H16N2O2S/c1-15-7-9-16(10-8-15)19-11-18(12-20(19,13-21)14-22)25(23,24)17-5-3-2-4-6-17/h2-11,18H,12H2,1H3. The van der Waals surface area contributed by atoms with Crippen LogP contribution in [0.3, 0.4) is 0 Å². The molecule has 3 rings (SSSR count). The summed E-state index contributed by atoms with van der Waals surface area (Å²) in [5, 5.41) is 18.4. The Morgan fingerprint density at radius 3 is 2.16 bits per heavy atom. The van der Waals surface area contributed by atoms with Crippen LogP contribution < -0.4 is 0 Å². The SMILES string of the molecule is Cc1ccc(C2=CC(S(=O)(=O)c3ccccc3)CC2(C#N)C#N)cc1. The zero-order valence-corrected chi connectivity index (χ0v) is 14.5. The van der Waals surface area contributed by atoms with Crippen molar-refractivity contribution in [1.82, 2.24) is 0 Å². The molecule has 2 aromatic rings. The van der Waals surface area contributed by atoms with Gasteiger partial charge in [0.1, 0.15) is 0 Å². The lowest BCUT2D eigenvalue weighted by atomic mass is 9.81. The predicted molar refractivity (Wildman–Crippen MR) is 94.8 cm³/mol. The molecule has 0 heterocycles. The quantitative estimate of drug-likeness (QED) is 0.847. The first-order valence-electron chi connectivity index (χ1n) is 7.84. The topological polar surface area (TPSA) is 81.7 Å². The van der Waals surface area contributed by atoms with Crippen molar-refractivity contribution in [2.75, 3.05) is 0 Å². The highest BCUT2D eigenvalue weighted by molar-refractivity contribution is 7.92. The van der Waals surface area contributed by atoms with Gasteiger partial charge >= 0.3 is 0 Å². The zero-order chi connectivity index (χ0) is 18.1. The van der Waals surface area contributed by atoms with Crippen molar-refractivity contribution < 1.29 is 8.42 Å². The maximum Gasteiger partial charge on any atom is 0.184 e. The summed E-state index contributed by atoms with van der Waals surface area (Å²) in [7, 11) is -3.66. The molecule has 0 radical (unpaired) electrons. The first kappa shape index (κ1) is 17.0. The number of hydrogen-bond donors (Lipinski definition) is 0. The Balaban J connectivity index is 2.12. The third kappa shape index (κ3) is 2.84. The number of benzene rings is 2. The Hall–Kier alpha value is -2.89. The van der Waals surface area contributed by atoms with Gasteiger partial charge in [-0.2, -0.15) is 10.5 Å². The van der Waals surface area contributed by atoms with Crippen molar-refractivity contribution in [1.29, 1.82) is 10.5 Å². The van der Waals surface area contributed by atoms with Gasteiger partial charge in [0.15, 0.2) is 15.3 Å². The van der Waals surface area contributed by atoms with E-state index in [1.165, 1.54) is 12.1 Å². The highest BCUT2D eigenvalue weighted by Gasteiger charge is 2.47. The third-order valence-corrected chi connectivity index (χ3v) is 6.56. The Kier molecular flexibility index (Phi) is 4.20. The average molecular weight is 348 g/mol. The van der Waals surface area contributed by atoms with Crippen LogP contribution in [0.25, 0.3) is 5.57 Å². The van der Waals surface area contributed by atoms with E-state index in [1.807, 2.05) is 43.3 Å². The van der Waals surface area contributed by atoms with Crippen LogP contribution in [0.5, 0.6) is 0 Å². The lowest BCUT2D eigenvalue weighted by Crippen LogP contribution is -2.23. The smallest absolute Gasteiger partial charge is 0.184 e. The number of allylic oxidation sites excluding steroid dienone is 1. The molecule has 4 nitrogen and oxygen atoms in total.